The smallest absolute Gasteiger partial charge is 0.315 e. The van der Waals surface area contributed by atoms with Gasteiger partial charge in [0.2, 0.25) is 10.0 Å². The number of hydrogen-bond acceptors (Lipinski definition) is 5. The van der Waals surface area contributed by atoms with Gasteiger partial charge in [0.15, 0.2) is 0 Å². The Kier molecular flexibility index (Phi) is 8.47. The number of carbonyl (C=O) groups is 1. The van der Waals surface area contributed by atoms with E-state index >= 15 is 0 Å². The number of carbonyl (C=O) groups excluding carboxylic acids is 1. The van der Waals surface area contributed by atoms with E-state index in [-0.39, 0.29) is 16.5 Å². The number of sulfonamides is 1. The molecule has 1 aliphatic rings. The number of hydrogen-bond donors (Lipinski definition) is 2. The molecule has 0 spiro atoms. The molecule has 1 heterocycles. The third-order valence-corrected chi connectivity index (χ3v) is 7.01. The highest BCUT2D eigenvalue weighted by Crippen LogP contribution is 2.18. The van der Waals surface area contributed by atoms with Crippen LogP contribution in [0.3, 0.4) is 0 Å². The van der Waals surface area contributed by atoms with E-state index in [2.05, 4.69) is 10.6 Å². The highest BCUT2D eigenvalue weighted by molar-refractivity contribution is 7.89. The van der Waals surface area contributed by atoms with Crippen LogP contribution in [0.1, 0.15) is 37.5 Å². The second-order valence-corrected chi connectivity index (χ2v) is 10.9. The van der Waals surface area contributed by atoms with Crippen molar-refractivity contribution in [1.29, 1.82) is 0 Å². The third kappa shape index (κ3) is 7.82. The molecule has 0 radical (unpaired) electrons. The largest absolute Gasteiger partial charge is 0.379 e. The van der Waals surface area contributed by atoms with Gasteiger partial charge in [0.05, 0.1) is 30.3 Å². The molecular formula is C24H33N3O5S. The highest BCUT2D eigenvalue weighted by Gasteiger charge is 2.26. The topological polar surface area (TPSA) is 97.0 Å². The highest BCUT2D eigenvalue weighted by atomic mass is 32.2. The summed E-state index contributed by atoms with van der Waals surface area (Å²) in [6, 6.07) is 14.2. The van der Waals surface area contributed by atoms with Crippen LogP contribution < -0.4 is 10.6 Å². The summed E-state index contributed by atoms with van der Waals surface area (Å²) in [7, 11) is -3.52. The molecule has 0 aliphatic carbocycles. The van der Waals surface area contributed by atoms with Crippen LogP contribution in [0.4, 0.5) is 4.79 Å². The molecular weight excluding hydrogens is 442 g/mol. The molecule has 0 atom stereocenters. The van der Waals surface area contributed by atoms with Crippen LogP contribution in [0, 0.1) is 0 Å². The second-order valence-electron chi connectivity index (χ2n) is 8.92. The Morgan fingerprint density at radius 1 is 0.970 bits per heavy atom. The van der Waals surface area contributed by atoms with E-state index in [0.29, 0.717) is 46.0 Å². The average molecular weight is 476 g/mol. The lowest BCUT2D eigenvalue weighted by Crippen LogP contribution is -2.40. The zero-order valence-corrected chi connectivity index (χ0v) is 20.3. The summed E-state index contributed by atoms with van der Waals surface area (Å²) < 4.78 is 37.8. The van der Waals surface area contributed by atoms with Crippen molar-refractivity contribution in [3.05, 3.63) is 65.2 Å². The van der Waals surface area contributed by atoms with Crippen molar-refractivity contribution in [3.63, 3.8) is 0 Å². The summed E-state index contributed by atoms with van der Waals surface area (Å²) >= 11 is 0. The van der Waals surface area contributed by atoms with Crippen LogP contribution in [-0.2, 0) is 39.2 Å². The van der Waals surface area contributed by atoms with E-state index in [1.165, 1.54) is 4.31 Å². The predicted molar refractivity (Wildman–Crippen MR) is 126 cm³/mol. The fourth-order valence-corrected chi connectivity index (χ4v) is 4.68. The van der Waals surface area contributed by atoms with Crippen molar-refractivity contribution in [3.8, 4) is 0 Å². The van der Waals surface area contributed by atoms with Crippen LogP contribution in [0.2, 0.25) is 0 Å². The Morgan fingerprint density at radius 2 is 1.58 bits per heavy atom. The fraction of sp³-hybridized carbons (Fsp3) is 0.458. The lowest BCUT2D eigenvalue weighted by atomic mass is 10.1. The molecule has 180 valence electrons. The number of nitrogens with zero attached hydrogens (tertiary/aromatic N) is 1. The number of benzene rings is 2. The number of ether oxygens (including phenoxy) is 2. The molecule has 0 bridgehead atoms. The summed E-state index contributed by atoms with van der Waals surface area (Å²) in [5.41, 5.74) is 2.64. The number of urea groups is 1. The molecule has 2 N–H and O–H groups in total. The first-order valence-corrected chi connectivity index (χ1v) is 12.5. The van der Waals surface area contributed by atoms with Gasteiger partial charge in [-0.2, -0.15) is 4.31 Å². The van der Waals surface area contributed by atoms with Gasteiger partial charge in [0, 0.05) is 26.2 Å². The summed E-state index contributed by atoms with van der Waals surface area (Å²) in [5.74, 6) is 0. The number of amides is 2. The van der Waals surface area contributed by atoms with Crippen LogP contribution in [-0.4, -0.2) is 50.7 Å². The molecule has 2 aromatic rings. The van der Waals surface area contributed by atoms with E-state index in [9.17, 15) is 13.2 Å². The number of rotatable bonds is 8. The second kappa shape index (κ2) is 11.1. The molecule has 33 heavy (non-hydrogen) atoms. The summed E-state index contributed by atoms with van der Waals surface area (Å²) in [6.45, 7) is 8.78. The molecule has 1 aliphatic heterocycles. The van der Waals surface area contributed by atoms with Gasteiger partial charge >= 0.3 is 6.03 Å². The van der Waals surface area contributed by atoms with Gasteiger partial charge in [0.1, 0.15) is 0 Å². The Bertz CT molecular complexity index is 1030. The maximum absolute atomic E-state index is 12.7. The maximum Gasteiger partial charge on any atom is 0.315 e. The molecule has 0 saturated carbocycles. The van der Waals surface area contributed by atoms with E-state index in [1.807, 2.05) is 45.0 Å². The minimum atomic E-state index is -3.52. The Balaban J connectivity index is 1.46. The van der Waals surface area contributed by atoms with Crippen LogP contribution >= 0.6 is 0 Å². The van der Waals surface area contributed by atoms with E-state index in [1.54, 1.807) is 24.3 Å². The summed E-state index contributed by atoms with van der Waals surface area (Å²) in [5, 5.41) is 5.64. The molecule has 3 rings (SSSR count). The predicted octanol–water partition coefficient (Wildman–Crippen LogP) is 3.02. The average Bonchev–Trinajstić information content (AvgIpc) is 2.81. The van der Waals surface area contributed by atoms with E-state index in [4.69, 9.17) is 9.47 Å². The normalized spacial score (nSPS) is 15.2. The minimum Gasteiger partial charge on any atom is -0.379 e. The van der Waals surface area contributed by atoms with Crippen molar-refractivity contribution in [2.24, 2.45) is 0 Å². The Labute approximate surface area is 196 Å². The SMILES string of the molecule is CC(C)(C)OCc1cccc(CNC(=O)NCc2ccc(S(=O)(=O)N3CCOCC3)cc2)c1. The maximum atomic E-state index is 12.7. The first-order chi connectivity index (χ1) is 15.6. The fourth-order valence-electron chi connectivity index (χ4n) is 3.27. The van der Waals surface area contributed by atoms with Crippen molar-refractivity contribution >= 4 is 16.1 Å². The van der Waals surface area contributed by atoms with Crippen LogP contribution in [0.25, 0.3) is 0 Å². The molecule has 2 aromatic carbocycles. The van der Waals surface area contributed by atoms with Crippen molar-refractivity contribution < 1.29 is 22.7 Å². The molecule has 1 fully saturated rings. The zero-order valence-electron chi connectivity index (χ0n) is 19.5. The van der Waals surface area contributed by atoms with E-state index < -0.39 is 10.0 Å². The Hall–Kier alpha value is -2.46. The van der Waals surface area contributed by atoms with Gasteiger partial charge in [-0.15, -0.1) is 0 Å². The number of nitrogens with one attached hydrogen (secondary N) is 2. The monoisotopic (exact) mass is 475 g/mol. The molecule has 8 nitrogen and oxygen atoms in total. The van der Waals surface area contributed by atoms with Crippen molar-refractivity contribution in [2.75, 3.05) is 26.3 Å². The molecule has 9 heteroatoms. The van der Waals surface area contributed by atoms with Gasteiger partial charge in [-0.3, -0.25) is 0 Å². The third-order valence-electron chi connectivity index (χ3n) is 5.10. The molecule has 0 unspecified atom stereocenters. The van der Waals surface area contributed by atoms with Gasteiger partial charge < -0.3 is 20.1 Å². The standard InChI is InChI=1S/C24H33N3O5S/c1-24(2,3)32-18-21-6-4-5-20(15-21)17-26-23(28)25-16-19-7-9-22(10-8-19)33(29,30)27-11-13-31-14-12-27/h4-10,15H,11-14,16-18H2,1-3H3,(H2,25,26,28). The first-order valence-electron chi connectivity index (χ1n) is 11.0. The van der Waals surface area contributed by atoms with Gasteiger partial charge in [0.25, 0.3) is 0 Å². The lowest BCUT2D eigenvalue weighted by Gasteiger charge is -2.26. The molecule has 0 aromatic heterocycles. The minimum absolute atomic E-state index is 0.209. The number of morpholine rings is 1. The van der Waals surface area contributed by atoms with Crippen LogP contribution in [0.5, 0.6) is 0 Å². The van der Waals surface area contributed by atoms with Gasteiger partial charge in [-0.25, -0.2) is 13.2 Å². The van der Waals surface area contributed by atoms with Gasteiger partial charge in [-0.1, -0.05) is 36.4 Å². The van der Waals surface area contributed by atoms with Crippen molar-refractivity contribution in [1.82, 2.24) is 14.9 Å². The molecule has 2 amide bonds. The lowest BCUT2D eigenvalue weighted by molar-refractivity contribution is -0.0149. The molecule has 1 saturated heterocycles. The van der Waals surface area contributed by atoms with Crippen LogP contribution in [0.15, 0.2) is 53.4 Å². The summed E-state index contributed by atoms with van der Waals surface area (Å²) in [6.07, 6.45) is 0. The zero-order chi connectivity index (χ0) is 23.9. The van der Waals surface area contributed by atoms with Crippen molar-refractivity contribution in [2.45, 2.75) is 51.0 Å². The van der Waals surface area contributed by atoms with Gasteiger partial charge in [-0.05, 0) is 49.6 Å². The summed E-state index contributed by atoms with van der Waals surface area (Å²) in [4.78, 5) is 12.4. The quantitative estimate of drug-likeness (QED) is 0.612. The van der Waals surface area contributed by atoms with E-state index in [0.717, 1.165) is 16.7 Å². The first kappa shape index (κ1) is 25.2. The Morgan fingerprint density at radius 3 is 2.21 bits per heavy atom.